The van der Waals surface area contributed by atoms with Gasteiger partial charge in [0.05, 0.1) is 22.6 Å². The van der Waals surface area contributed by atoms with E-state index in [2.05, 4.69) is 24.7 Å². The average molecular weight is 514 g/mol. The number of aromatic nitrogens is 2. The van der Waals surface area contributed by atoms with Gasteiger partial charge in [0, 0.05) is 23.6 Å². The minimum Gasteiger partial charge on any atom is -0.468 e. The second kappa shape index (κ2) is 10.0. The molecule has 0 atom stereocenters. The molecule has 0 bridgehead atoms. The molecule has 0 spiro atoms. The number of nitrogens with zero attached hydrogens (tertiary/aromatic N) is 2. The molecule has 2 aromatic heterocycles. The molecule has 35 heavy (non-hydrogen) atoms. The van der Waals surface area contributed by atoms with E-state index in [1.807, 2.05) is 0 Å². The second-order valence-corrected chi connectivity index (χ2v) is 10.5. The minimum atomic E-state index is -3.91. The zero-order valence-electron chi connectivity index (χ0n) is 18.0. The lowest BCUT2D eigenvalue weighted by molar-refractivity contribution is 0.102. The van der Waals surface area contributed by atoms with Crippen molar-refractivity contribution in [1.82, 2.24) is 14.7 Å². The van der Waals surface area contributed by atoms with Gasteiger partial charge in [0.2, 0.25) is 16.0 Å². The number of carbonyl (C=O) groups excluding carboxylic acids is 1. The minimum absolute atomic E-state index is 0.00280. The summed E-state index contributed by atoms with van der Waals surface area (Å²) in [5, 5.41) is 2.63. The summed E-state index contributed by atoms with van der Waals surface area (Å²) in [4.78, 5) is 20.1. The second-order valence-electron chi connectivity index (χ2n) is 7.08. The number of rotatable bonds is 9. The van der Waals surface area contributed by atoms with Crippen LogP contribution in [0.3, 0.4) is 0 Å². The van der Waals surface area contributed by atoms with E-state index in [0.29, 0.717) is 11.4 Å². The number of nitrogens with one attached hydrogen (secondary N) is 3. The van der Waals surface area contributed by atoms with Gasteiger partial charge in [0.15, 0.2) is 0 Å². The van der Waals surface area contributed by atoms with Crippen molar-refractivity contribution in [3.05, 3.63) is 96.7 Å². The molecule has 0 aliphatic rings. The highest BCUT2D eigenvalue weighted by atomic mass is 32.2. The van der Waals surface area contributed by atoms with Crippen molar-refractivity contribution in [3.8, 4) is 0 Å². The first-order chi connectivity index (χ1) is 16.7. The van der Waals surface area contributed by atoms with Crippen LogP contribution in [0.1, 0.15) is 16.1 Å². The zero-order chi connectivity index (χ0) is 24.9. The maximum atomic E-state index is 12.5. The van der Waals surface area contributed by atoms with Gasteiger partial charge in [-0.05, 0) is 66.7 Å². The Hall–Kier alpha value is -4.07. The molecule has 3 N–H and O–H groups in total. The summed E-state index contributed by atoms with van der Waals surface area (Å²) in [5.41, 5.74) is 0.566. The molecule has 0 aliphatic heterocycles. The quantitative estimate of drug-likeness (QED) is 0.308. The summed E-state index contributed by atoms with van der Waals surface area (Å²) in [6.07, 6.45) is 4.26. The van der Waals surface area contributed by atoms with Crippen LogP contribution in [0.4, 0.5) is 11.6 Å². The smallest absolute Gasteiger partial charge is 0.264 e. The van der Waals surface area contributed by atoms with E-state index >= 15 is 0 Å². The van der Waals surface area contributed by atoms with Crippen LogP contribution < -0.4 is 14.8 Å². The first-order valence-corrected chi connectivity index (χ1v) is 13.0. The topological polar surface area (TPSA) is 160 Å². The van der Waals surface area contributed by atoms with Crippen LogP contribution in [-0.2, 0) is 26.6 Å². The number of sulfonamides is 2. The van der Waals surface area contributed by atoms with Crippen LogP contribution in [0.5, 0.6) is 0 Å². The van der Waals surface area contributed by atoms with Gasteiger partial charge in [-0.15, -0.1) is 0 Å². The molecular weight excluding hydrogens is 494 g/mol. The van der Waals surface area contributed by atoms with Crippen LogP contribution >= 0.6 is 0 Å². The van der Waals surface area contributed by atoms with Crippen molar-refractivity contribution in [2.75, 3.05) is 10.0 Å². The summed E-state index contributed by atoms with van der Waals surface area (Å²) in [7, 11) is -7.70. The number of carbonyl (C=O) groups is 1. The molecule has 13 heteroatoms. The van der Waals surface area contributed by atoms with Crippen LogP contribution in [-0.4, -0.2) is 32.7 Å². The molecule has 1 amide bonds. The molecule has 11 nitrogen and oxygen atoms in total. The van der Waals surface area contributed by atoms with Gasteiger partial charge in [0.1, 0.15) is 5.76 Å². The van der Waals surface area contributed by atoms with E-state index in [-0.39, 0.29) is 27.8 Å². The number of amides is 1. The lowest BCUT2D eigenvalue weighted by atomic mass is 10.2. The summed E-state index contributed by atoms with van der Waals surface area (Å²) < 4.78 is 59.5. The number of hydrogen-bond donors (Lipinski definition) is 3. The van der Waals surface area contributed by atoms with Gasteiger partial charge in [-0.2, -0.15) is 0 Å². The lowest BCUT2D eigenvalue weighted by Gasteiger charge is -2.09. The average Bonchev–Trinajstić information content (AvgIpc) is 3.38. The Labute approximate surface area is 201 Å². The molecule has 180 valence electrons. The maximum absolute atomic E-state index is 12.5. The molecule has 0 aliphatic carbocycles. The molecule has 4 aromatic rings. The molecule has 0 saturated heterocycles. The van der Waals surface area contributed by atoms with E-state index in [9.17, 15) is 21.6 Å². The molecule has 4 rings (SSSR count). The number of benzene rings is 2. The highest BCUT2D eigenvalue weighted by molar-refractivity contribution is 7.92. The van der Waals surface area contributed by atoms with Gasteiger partial charge in [-0.3, -0.25) is 4.79 Å². The molecule has 2 heterocycles. The Bertz CT molecular complexity index is 1510. The third kappa shape index (κ3) is 6.09. The van der Waals surface area contributed by atoms with Crippen molar-refractivity contribution in [1.29, 1.82) is 0 Å². The van der Waals surface area contributed by atoms with E-state index < -0.39 is 26.0 Å². The largest absolute Gasteiger partial charge is 0.468 e. The summed E-state index contributed by atoms with van der Waals surface area (Å²) >= 11 is 0. The summed E-state index contributed by atoms with van der Waals surface area (Å²) in [5.74, 6) is -0.0945. The van der Waals surface area contributed by atoms with Gasteiger partial charge >= 0.3 is 0 Å². The number of furan rings is 1. The molecule has 2 aromatic carbocycles. The fourth-order valence-corrected chi connectivity index (χ4v) is 4.85. The van der Waals surface area contributed by atoms with E-state index in [1.54, 1.807) is 18.2 Å². The third-order valence-electron chi connectivity index (χ3n) is 4.66. The van der Waals surface area contributed by atoms with Crippen molar-refractivity contribution < 1.29 is 26.0 Å². The molecule has 0 saturated carbocycles. The number of hydrogen-bond acceptors (Lipinski definition) is 8. The highest BCUT2D eigenvalue weighted by Gasteiger charge is 2.17. The lowest BCUT2D eigenvalue weighted by Crippen LogP contribution is -2.23. The van der Waals surface area contributed by atoms with E-state index in [1.165, 1.54) is 67.2 Å². The summed E-state index contributed by atoms with van der Waals surface area (Å²) in [6, 6.07) is 15.7. The molecular formula is C22H19N5O6S2. The molecule has 0 unspecified atom stereocenters. The predicted molar refractivity (Wildman–Crippen MR) is 126 cm³/mol. The Morgan fingerprint density at radius 1 is 0.800 bits per heavy atom. The Morgan fingerprint density at radius 3 is 2.06 bits per heavy atom. The zero-order valence-corrected chi connectivity index (χ0v) is 19.6. The van der Waals surface area contributed by atoms with E-state index in [4.69, 9.17) is 4.42 Å². The fraction of sp³-hybridized carbons (Fsp3) is 0.0455. The SMILES string of the molecule is O=C(Nc1ccc(S(=O)(=O)Nc2ncccn2)cc1)c1ccc(S(=O)(=O)NCc2ccco2)cc1. The first-order valence-electron chi connectivity index (χ1n) is 10.1. The van der Waals surface area contributed by atoms with Crippen molar-refractivity contribution in [3.63, 3.8) is 0 Å². The van der Waals surface area contributed by atoms with Gasteiger partial charge in [-0.1, -0.05) is 0 Å². The normalized spacial score (nSPS) is 11.7. The van der Waals surface area contributed by atoms with Crippen LogP contribution in [0.15, 0.2) is 99.6 Å². The van der Waals surface area contributed by atoms with Crippen molar-refractivity contribution >= 4 is 37.6 Å². The van der Waals surface area contributed by atoms with Crippen LogP contribution in [0.2, 0.25) is 0 Å². The van der Waals surface area contributed by atoms with Crippen molar-refractivity contribution in [2.45, 2.75) is 16.3 Å². The standard InChI is InChI=1S/C22H19N5O6S2/c28-21(16-4-8-19(9-5-16)34(29,30)25-15-18-3-1-14-33-18)26-17-6-10-20(11-7-17)35(31,32)27-22-23-12-2-13-24-22/h1-14,25H,15H2,(H,26,28)(H,23,24,27). The van der Waals surface area contributed by atoms with E-state index in [0.717, 1.165) is 0 Å². The Morgan fingerprint density at radius 2 is 1.43 bits per heavy atom. The third-order valence-corrected chi connectivity index (χ3v) is 7.42. The number of anilines is 2. The van der Waals surface area contributed by atoms with Gasteiger partial charge < -0.3 is 9.73 Å². The van der Waals surface area contributed by atoms with Crippen LogP contribution in [0.25, 0.3) is 0 Å². The fourth-order valence-electron chi connectivity index (χ4n) is 2.90. The first kappa shape index (κ1) is 24.1. The Balaban J connectivity index is 1.38. The predicted octanol–water partition coefficient (Wildman–Crippen LogP) is 2.60. The Kier molecular flexibility index (Phi) is 6.91. The monoisotopic (exact) mass is 513 g/mol. The van der Waals surface area contributed by atoms with Gasteiger partial charge in [0.25, 0.3) is 15.9 Å². The highest BCUT2D eigenvalue weighted by Crippen LogP contribution is 2.18. The van der Waals surface area contributed by atoms with Crippen LogP contribution in [0, 0.1) is 0 Å². The maximum Gasteiger partial charge on any atom is 0.264 e. The van der Waals surface area contributed by atoms with Gasteiger partial charge in [-0.25, -0.2) is 36.2 Å². The van der Waals surface area contributed by atoms with Crippen molar-refractivity contribution in [2.24, 2.45) is 0 Å². The summed E-state index contributed by atoms with van der Waals surface area (Å²) in [6.45, 7) is -0.00280. The molecule has 0 radical (unpaired) electrons. The molecule has 0 fully saturated rings.